The normalized spacial score (nSPS) is 13.5. The molecule has 0 spiro atoms. The molecule has 0 aliphatic heterocycles. The minimum Gasteiger partial charge on any atom is -0.398 e. The van der Waals surface area contributed by atoms with Crippen LogP contribution in [0.1, 0.15) is 37.5 Å². The van der Waals surface area contributed by atoms with Crippen LogP contribution in [0.3, 0.4) is 0 Å². The maximum atomic E-state index is 6.54. The van der Waals surface area contributed by atoms with Gasteiger partial charge in [-0.15, -0.1) is 0 Å². The zero-order valence-corrected chi connectivity index (χ0v) is 28.6. The van der Waals surface area contributed by atoms with Gasteiger partial charge < -0.3 is 5.73 Å². The first-order valence-electron chi connectivity index (χ1n) is 17.5. The Kier molecular flexibility index (Phi) is 7.03. The summed E-state index contributed by atoms with van der Waals surface area (Å²) in [6.45, 7) is 6.35. The molecule has 0 bridgehead atoms. The van der Waals surface area contributed by atoms with Crippen molar-refractivity contribution in [2.75, 3.05) is 0 Å². The zero-order chi connectivity index (χ0) is 33.9. The fraction of sp³-hybridized carbons (Fsp3) is 0.0612. The lowest BCUT2D eigenvalue weighted by molar-refractivity contribution is 1.50. The highest BCUT2D eigenvalue weighted by molar-refractivity contribution is 6.20. The predicted octanol–water partition coefficient (Wildman–Crippen LogP) is 13.3. The molecule has 50 heavy (non-hydrogen) atoms. The average molecular weight is 640 g/mol. The molecule has 0 amide bonds. The molecule has 0 atom stereocenters. The number of hydrogen-bond acceptors (Lipinski definition) is 1. The van der Waals surface area contributed by atoms with Gasteiger partial charge in [-0.25, -0.2) is 0 Å². The monoisotopic (exact) mass is 639 g/mol. The molecule has 1 nitrogen and oxygen atoms in total. The number of benzene rings is 7. The summed E-state index contributed by atoms with van der Waals surface area (Å²) in [6.07, 6.45) is 10.4. The van der Waals surface area contributed by atoms with E-state index < -0.39 is 0 Å². The van der Waals surface area contributed by atoms with Gasteiger partial charge in [0.2, 0.25) is 0 Å². The lowest BCUT2D eigenvalue weighted by atomic mass is 9.87. The second kappa shape index (κ2) is 11.8. The van der Waals surface area contributed by atoms with Crippen LogP contribution in [0.4, 0.5) is 0 Å². The minimum absolute atomic E-state index is 0.751. The van der Waals surface area contributed by atoms with E-state index in [1.807, 2.05) is 25.2 Å². The van der Waals surface area contributed by atoms with Gasteiger partial charge in [0.25, 0.3) is 0 Å². The molecule has 0 radical (unpaired) electrons. The van der Waals surface area contributed by atoms with Gasteiger partial charge in [0.05, 0.1) is 0 Å². The van der Waals surface area contributed by atoms with Crippen LogP contribution in [0.25, 0.3) is 94.0 Å². The summed E-state index contributed by atoms with van der Waals surface area (Å²) < 4.78 is 0. The Balaban J connectivity index is 1.30. The van der Waals surface area contributed by atoms with Crippen LogP contribution in [-0.2, 0) is 0 Å². The molecule has 238 valence electrons. The maximum Gasteiger partial charge on any atom is 0.0387 e. The lowest BCUT2D eigenvalue weighted by Gasteiger charge is -2.16. The molecule has 0 fully saturated rings. The molecule has 0 aromatic heterocycles. The second-order valence-corrected chi connectivity index (χ2v) is 13.4. The quantitative estimate of drug-likeness (QED) is 0.180. The Morgan fingerprint density at radius 3 is 1.72 bits per heavy atom. The van der Waals surface area contributed by atoms with Crippen LogP contribution in [0.15, 0.2) is 158 Å². The molecule has 0 saturated carbocycles. The highest BCUT2D eigenvalue weighted by Gasteiger charge is 2.24. The van der Waals surface area contributed by atoms with Gasteiger partial charge in [0.1, 0.15) is 0 Å². The molecular formula is C49H37N. The fourth-order valence-electron chi connectivity index (χ4n) is 8.26. The molecule has 0 saturated heterocycles. The maximum absolute atomic E-state index is 6.54. The van der Waals surface area contributed by atoms with Crippen molar-refractivity contribution in [1.82, 2.24) is 0 Å². The van der Waals surface area contributed by atoms with Crippen molar-refractivity contribution in [1.29, 1.82) is 0 Å². The number of fused-ring (bicyclic) bond motifs is 3. The molecule has 9 rings (SSSR count). The van der Waals surface area contributed by atoms with Crippen LogP contribution in [0, 0.1) is 0 Å². The molecular weight excluding hydrogens is 603 g/mol. The summed E-state index contributed by atoms with van der Waals surface area (Å²) in [6, 6.07) is 47.3. The van der Waals surface area contributed by atoms with E-state index in [2.05, 4.69) is 153 Å². The first-order valence-corrected chi connectivity index (χ1v) is 17.5. The minimum atomic E-state index is 0.751. The summed E-state index contributed by atoms with van der Waals surface area (Å²) in [7, 11) is 0. The Labute approximate surface area is 294 Å². The molecule has 7 aromatic rings. The first kappa shape index (κ1) is 29.9. The largest absolute Gasteiger partial charge is 0.398 e. The van der Waals surface area contributed by atoms with E-state index in [0.29, 0.717) is 0 Å². The summed E-state index contributed by atoms with van der Waals surface area (Å²) in [5, 5.41) is 5.24. The fourth-order valence-corrected chi connectivity index (χ4v) is 8.26. The van der Waals surface area contributed by atoms with E-state index in [0.717, 1.165) is 22.4 Å². The van der Waals surface area contributed by atoms with Crippen molar-refractivity contribution in [3.05, 3.63) is 174 Å². The predicted molar refractivity (Wildman–Crippen MR) is 216 cm³/mol. The Hall–Kier alpha value is -6.18. The number of hydrogen-bond donors (Lipinski definition) is 1. The second-order valence-electron chi connectivity index (χ2n) is 13.4. The average Bonchev–Trinajstić information content (AvgIpc) is 3.64. The molecule has 7 aromatic carbocycles. The van der Waals surface area contributed by atoms with Crippen molar-refractivity contribution < 1.29 is 0 Å². The molecule has 0 heterocycles. The van der Waals surface area contributed by atoms with Gasteiger partial charge in [-0.3, -0.25) is 0 Å². The van der Waals surface area contributed by atoms with E-state index in [9.17, 15) is 0 Å². The number of allylic oxidation sites excluding steroid dienone is 7. The van der Waals surface area contributed by atoms with Crippen molar-refractivity contribution in [2.24, 2.45) is 5.73 Å². The van der Waals surface area contributed by atoms with Crippen LogP contribution in [0.2, 0.25) is 0 Å². The van der Waals surface area contributed by atoms with Crippen LogP contribution < -0.4 is 5.73 Å². The van der Waals surface area contributed by atoms with E-state index in [-0.39, 0.29) is 0 Å². The van der Waals surface area contributed by atoms with Gasteiger partial charge in [-0.05, 0) is 156 Å². The smallest absolute Gasteiger partial charge is 0.0387 e. The highest BCUT2D eigenvalue weighted by Crippen LogP contribution is 2.50. The van der Waals surface area contributed by atoms with Gasteiger partial charge in [0.15, 0.2) is 0 Å². The molecule has 2 aliphatic rings. The summed E-state index contributed by atoms with van der Waals surface area (Å²) in [5.74, 6) is 0. The Morgan fingerprint density at radius 1 is 0.480 bits per heavy atom. The van der Waals surface area contributed by atoms with Gasteiger partial charge in [0, 0.05) is 5.70 Å². The van der Waals surface area contributed by atoms with E-state index in [1.165, 1.54) is 88.3 Å². The number of nitrogens with two attached hydrogens (primary N) is 1. The van der Waals surface area contributed by atoms with Crippen LogP contribution >= 0.6 is 0 Å². The van der Waals surface area contributed by atoms with Crippen LogP contribution in [-0.4, -0.2) is 0 Å². The van der Waals surface area contributed by atoms with E-state index in [4.69, 9.17) is 5.73 Å². The summed E-state index contributed by atoms with van der Waals surface area (Å²) >= 11 is 0. The molecule has 2 aliphatic carbocycles. The standard InChI is InChI=1S/C49H37N/c1-4-6-21-47(50)32-14-9-13-31(26-32)33-27-34(38-23-22-37-30(3)36(12-5-2)42-17-10-18-43(38)48(37)42)29-35(28-33)39-24-25-46-41-16-8-7-15-40(41)45-20-11-19-44(39)49(45)46/h4-29H,50H2,1-3H3/b6-4-,12-5-,47-21-. The van der Waals surface area contributed by atoms with Crippen molar-refractivity contribution in [2.45, 2.75) is 20.8 Å². The molecule has 2 N–H and O–H groups in total. The van der Waals surface area contributed by atoms with Gasteiger partial charge >= 0.3 is 0 Å². The molecule has 0 unspecified atom stereocenters. The highest BCUT2D eigenvalue weighted by atomic mass is 14.6. The third kappa shape index (κ3) is 4.55. The Morgan fingerprint density at radius 2 is 1.04 bits per heavy atom. The van der Waals surface area contributed by atoms with Gasteiger partial charge in [-0.1, -0.05) is 127 Å². The zero-order valence-electron chi connectivity index (χ0n) is 28.6. The van der Waals surface area contributed by atoms with E-state index >= 15 is 0 Å². The van der Waals surface area contributed by atoms with Crippen LogP contribution in [0.5, 0.6) is 0 Å². The van der Waals surface area contributed by atoms with Crippen molar-refractivity contribution in [3.8, 4) is 55.6 Å². The SMILES string of the molecule is C/C=C\C=C(/N)c1cccc(-c2cc(-c3ccc4c5c(cccc35)C(/C=C\C)=C4C)cc(-c3ccc4c5c(cccc35)-c3ccccc3-4)c2)c1. The Bertz CT molecular complexity index is 2650. The summed E-state index contributed by atoms with van der Waals surface area (Å²) in [5.41, 5.74) is 26.0. The van der Waals surface area contributed by atoms with Crippen molar-refractivity contribution in [3.63, 3.8) is 0 Å². The van der Waals surface area contributed by atoms with Crippen molar-refractivity contribution >= 4 is 38.4 Å². The topological polar surface area (TPSA) is 26.0 Å². The third-order valence-electron chi connectivity index (χ3n) is 10.6. The first-order chi connectivity index (χ1) is 24.6. The third-order valence-corrected chi connectivity index (χ3v) is 10.6. The lowest BCUT2D eigenvalue weighted by Crippen LogP contribution is -1.96. The van der Waals surface area contributed by atoms with Gasteiger partial charge in [-0.2, -0.15) is 0 Å². The van der Waals surface area contributed by atoms with E-state index in [1.54, 1.807) is 0 Å². The number of rotatable bonds is 6. The summed E-state index contributed by atoms with van der Waals surface area (Å²) in [4.78, 5) is 0. The molecule has 1 heteroatoms.